The Balaban J connectivity index is 1.78. The molecule has 2 N–H and O–H groups in total. The summed E-state index contributed by atoms with van der Waals surface area (Å²) in [4.78, 5) is 5.37. The average molecular weight is 330 g/mol. The largest absolute Gasteiger partial charge is 0.364 e. The van der Waals surface area contributed by atoms with Gasteiger partial charge in [0.15, 0.2) is 0 Å². The molecule has 0 amide bonds. The van der Waals surface area contributed by atoms with Crippen molar-refractivity contribution < 1.29 is 9.26 Å². The Morgan fingerprint density at radius 2 is 2.33 bits per heavy atom. The fourth-order valence-electron chi connectivity index (χ4n) is 1.96. The molecule has 0 spiro atoms. The third-order valence-electron chi connectivity index (χ3n) is 2.88. The zero-order valence-corrected chi connectivity index (χ0v) is 11.9. The molecular formula is C11H12BrN3O2S. The highest BCUT2D eigenvalue weighted by Gasteiger charge is 2.30. The lowest BCUT2D eigenvalue weighted by Crippen LogP contribution is -2.18. The molecule has 1 fully saturated rings. The van der Waals surface area contributed by atoms with E-state index in [1.165, 1.54) is 0 Å². The van der Waals surface area contributed by atoms with Crippen LogP contribution in [0.5, 0.6) is 0 Å². The van der Waals surface area contributed by atoms with Crippen LogP contribution in [-0.2, 0) is 4.74 Å². The van der Waals surface area contributed by atoms with Gasteiger partial charge in [-0.05, 0) is 40.9 Å². The van der Waals surface area contributed by atoms with Crippen molar-refractivity contribution in [1.29, 1.82) is 0 Å². The van der Waals surface area contributed by atoms with Crippen molar-refractivity contribution in [2.24, 2.45) is 5.73 Å². The van der Waals surface area contributed by atoms with Crippen molar-refractivity contribution >= 4 is 27.3 Å². The fourth-order valence-corrected chi connectivity index (χ4v) is 3.27. The van der Waals surface area contributed by atoms with Crippen LogP contribution < -0.4 is 5.73 Å². The van der Waals surface area contributed by atoms with Crippen molar-refractivity contribution in [3.8, 4) is 10.7 Å². The second kappa shape index (κ2) is 5.08. The first-order valence-corrected chi connectivity index (χ1v) is 7.32. The third-order valence-corrected chi connectivity index (χ3v) is 4.50. The van der Waals surface area contributed by atoms with Gasteiger partial charge < -0.3 is 15.0 Å². The molecule has 7 heteroatoms. The topological polar surface area (TPSA) is 74.2 Å². The number of ether oxygens (including phenoxy) is 1. The highest BCUT2D eigenvalue weighted by atomic mass is 79.9. The molecule has 2 aromatic rings. The summed E-state index contributed by atoms with van der Waals surface area (Å²) in [7, 11) is 0. The van der Waals surface area contributed by atoms with Gasteiger partial charge in [0.2, 0.25) is 5.82 Å². The number of hydrogen-bond acceptors (Lipinski definition) is 6. The van der Waals surface area contributed by atoms with Gasteiger partial charge in [-0.25, -0.2) is 0 Å². The predicted octanol–water partition coefficient (Wildman–Crippen LogP) is 2.74. The SMILES string of the molecule is NCC1CCC(c2nc(-c3ccc(Br)s3)no2)O1. The van der Waals surface area contributed by atoms with Crippen LogP contribution in [0.2, 0.25) is 0 Å². The molecule has 0 aliphatic carbocycles. The monoisotopic (exact) mass is 329 g/mol. The molecule has 96 valence electrons. The van der Waals surface area contributed by atoms with E-state index >= 15 is 0 Å². The maximum absolute atomic E-state index is 5.72. The van der Waals surface area contributed by atoms with Gasteiger partial charge in [0.1, 0.15) is 6.10 Å². The fraction of sp³-hybridized carbons (Fsp3) is 0.455. The van der Waals surface area contributed by atoms with Crippen molar-refractivity contribution in [3.63, 3.8) is 0 Å². The molecule has 2 atom stereocenters. The molecule has 3 heterocycles. The molecule has 3 rings (SSSR count). The van der Waals surface area contributed by atoms with E-state index in [-0.39, 0.29) is 12.2 Å². The molecular weight excluding hydrogens is 318 g/mol. The lowest BCUT2D eigenvalue weighted by Gasteiger charge is -2.07. The summed E-state index contributed by atoms with van der Waals surface area (Å²) in [6.45, 7) is 0.537. The van der Waals surface area contributed by atoms with Crippen molar-refractivity contribution in [2.75, 3.05) is 6.54 Å². The van der Waals surface area contributed by atoms with Crippen molar-refractivity contribution in [3.05, 3.63) is 21.8 Å². The summed E-state index contributed by atoms with van der Waals surface area (Å²) >= 11 is 4.99. The summed E-state index contributed by atoms with van der Waals surface area (Å²) in [5.74, 6) is 1.16. The van der Waals surface area contributed by atoms with Crippen LogP contribution in [0.3, 0.4) is 0 Å². The van der Waals surface area contributed by atoms with Gasteiger partial charge >= 0.3 is 0 Å². The molecule has 1 saturated heterocycles. The van der Waals surface area contributed by atoms with E-state index in [1.807, 2.05) is 12.1 Å². The third kappa shape index (κ3) is 2.35. The van der Waals surface area contributed by atoms with Gasteiger partial charge in [-0.15, -0.1) is 11.3 Å². The molecule has 0 bridgehead atoms. The summed E-state index contributed by atoms with van der Waals surface area (Å²) in [5, 5.41) is 3.99. The van der Waals surface area contributed by atoms with Gasteiger partial charge in [0.05, 0.1) is 14.8 Å². The number of hydrogen-bond donors (Lipinski definition) is 1. The minimum absolute atomic E-state index is 0.108. The standard InChI is InChI=1S/C11H12BrN3O2S/c12-9-4-3-8(18-9)10-14-11(17-15-10)7-2-1-6(5-13)16-7/h3-4,6-7H,1-2,5,13H2. The molecule has 0 radical (unpaired) electrons. The lowest BCUT2D eigenvalue weighted by atomic mass is 10.2. The summed E-state index contributed by atoms with van der Waals surface area (Å²) in [5.41, 5.74) is 5.58. The summed E-state index contributed by atoms with van der Waals surface area (Å²) in [6, 6.07) is 3.92. The van der Waals surface area contributed by atoms with Crippen LogP contribution in [-0.4, -0.2) is 22.8 Å². The van der Waals surface area contributed by atoms with E-state index < -0.39 is 0 Å². The second-order valence-electron chi connectivity index (χ2n) is 4.12. The van der Waals surface area contributed by atoms with E-state index in [0.717, 1.165) is 21.5 Å². The van der Waals surface area contributed by atoms with Crippen molar-refractivity contribution in [2.45, 2.75) is 25.0 Å². The second-order valence-corrected chi connectivity index (χ2v) is 6.58. The summed E-state index contributed by atoms with van der Waals surface area (Å²) in [6.07, 6.45) is 1.84. The molecule has 0 aromatic carbocycles. The maximum Gasteiger partial charge on any atom is 0.256 e. The number of nitrogens with two attached hydrogens (primary N) is 1. The van der Waals surface area contributed by atoms with Crippen LogP contribution >= 0.6 is 27.3 Å². The Morgan fingerprint density at radius 1 is 1.44 bits per heavy atom. The molecule has 2 aromatic heterocycles. The minimum Gasteiger partial charge on any atom is -0.364 e. The van der Waals surface area contributed by atoms with Gasteiger partial charge in [-0.2, -0.15) is 4.98 Å². The van der Waals surface area contributed by atoms with Gasteiger partial charge in [0.25, 0.3) is 5.89 Å². The van der Waals surface area contributed by atoms with E-state index in [2.05, 4.69) is 26.1 Å². The first kappa shape index (κ1) is 12.3. The number of thiophene rings is 1. The Bertz CT molecular complexity index is 542. The van der Waals surface area contributed by atoms with E-state index in [4.69, 9.17) is 15.0 Å². The van der Waals surface area contributed by atoms with E-state index in [0.29, 0.717) is 18.3 Å². The Labute approximate surface area is 116 Å². The average Bonchev–Trinajstić information content (AvgIpc) is 3.07. The number of halogens is 1. The maximum atomic E-state index is 5.72. The predicted molar refractivity (Wildman–Crippen MR) is 71.2 cm³/mol. The van der Waals surface area contributed by atoms with E-state index in [1.54, 1.807) is 11.3 Å². The zero-order valence-electron chi connectivity index (χ0n) is 9.51. The van der Waals surface area contributed by atoms with Crippen LogP contribution in [0, 0.1) is 0 Å². The van der Waals surface area contributed by atoms with Gasteiger partial charge in [-0.1, -0.05) is 5.16 Å². The minimum atomic E-state index is -0.108. The normalized spacial score (nSPS) is 23.7. The molecule has 1 aliphatic rings. The molecule has 0 saturated carbocycles. The smallest absolute Gasteiger partial charge is 0.256 e. The van der Waals surface area contributed by atoms with Crippen LogP contribution in [0.25, 0.3) is 10.7 Å². The van der Waals surface area contributed by atoms with E-state index in [9.17, 15) is 0 Å². The van der Waals surface area contributed by atoms with Gasteiger partial charge in [-0.3, -0.25) is 0 Å². The highest BCUT2D eigenvalue weighted by molar-refractivity contribution is 9.11. The number of rotatable bonds is 3. The first-order chi connectivity index (χ1) is 8.76. The highest BCUT2D eigenvalue weighted by Crippen LogP contribution is 2.34. The quantitative estimate of drug-likeness (QED) is 0.937. The van der Waals surface area contributed by atoms with Crippen LogP contribution in [0.1, 0.15) is 24.8 Å². The Hall–Kier alpha value is -0.760. The van der Waals surface area contributed by atoms with Crippen LogP contribution in [0.15, 0.2) is 20.4 Å². The molecule has 1 aliphatic heterocycles. The van der Waals surface area contributed by atoms with Crippen LogP contribution in [0.4, 0.5) is 0 Å². The Kier molecular flexibility index (Phi) is 3.47. The zero-order chi connectivity index (χ0) is 12.5. The molecule has 18 heavy (non-hydrogen) atoms. The first-order valence-electron chi connectivity index (χ1n) is 5.71. The number of nitrogens with zero attached hydrogens (tertiary/aromatic N) is 2. The molecule has 5 nitrogen and oxygen atoms in total. The molecule has 2 unspecified atom stereocenters. The Morgan fingerprint density at radius 3 is 3.00 bits per heavy atom. The van der Waals surface area contributed by atoms with Gasteiger partial charge in [0, 0.05) is 6.54 Å². The number of aromatic nitrogens is 2. The lowest BCUT2D eigenvalue weighted by molar-refractivity contribution is 0.0307. The van der Waals surface area contributed by atoms with Crippen molar-refractivity contribution in [1.82, 2.24) is 10.1 Å². The summed E-state index contributed by atoms with van der Waals surface area (Å²) < 4.78 is 12.0.